The highest BCUT2D eigenvalue weighted by Crippen LogP contribution is 2.33. The van der Waals surface area contributed by atoms with Crippen molar-refractivity contribution >= 4 is 11.9 Å². The predicted molar refractivity (Wildman–Crippen MR) is 125 cm³/mol. The van der Waals surface area contributed by atoms with Crippen molar-refractivity contribution in [1.29, 1.82) is 0 Å². The van der Waals surface area contributed by atoms with E-state index in [0.717, 1.165) is 32.1 Å². The summed E-state index contributed by atoms with van der Waals surface area (Å²) in [7, 11) is 1.40. The van der Waals surface area contributed by atoms with Crippen molar-refractivity contribution in [3.8, 4) is 11.5 Å². The Balaban J connectivity index is 1.76. The Labute approximate surface area is 195 Å². The van der Waals surface area contributed by atoms with E-state index in [9.17, 15) is 14.7 Å². The number of carbonyl (C=O) groups is 2. The van der Waals surface area contributed by atoms with E-state index >= 15 is 0 Å². The lowest BCUT2D eigenvalue weighted by Gasteiger charge is -2.31. The van der Waals surface area contributed by atoms with E-state index in [2.05, 4.69) is 29.4 Å². The third kappa shape index (κ3) is 6.24. The van der Waals surface area contributed by atoms with E-state index in [-0.39, 0.29) is 29.2 Å². The molecule has 178 valence electrons. The van der Waals surface area contributed by atoms with Gasteiger partial charge in [-0.05, 0) is 37.7 Å². The average molecular weight is 455 g/mol. The Kier molecular flexibility index (Phi) is 8.69. The van der Waals surface area contributed by atoms with Gasteiger partial charge in [-0.2, -0.15) is 0 Å². The number of aromatic hydroxyl groups is 1. The Hall–Kier alpha value is -3.09. The Morgan fingerprint density at radius 1 is 1.24 bits per heavy atom. The molecule has 1 saturated heterocycles. The molecule has 1 amide bonds. The first-order valence-corrected chi connectivity index (χ1v) is 11.7. The number of nitrogens with one attached hydrogen (secondary N) is 1. The van der Waals surface area contributed by atoms with Crippen molar-refractivity contribution in [1.82, 2.24) is 10.3 Å². The molecular formula is C26H34N2O5. The van der Waals surface area contributed by atoms with Crippen LogP contribution in [0.4, 0.5) is 0 Å². The molecular weight excluding hydrogens is 420 g/mol. The minimum absolute atomic E-state index is 0.145. The number of benzene rings is 1. The predicted octanol–water partition coefficient (Wildman–Crippen LogP) is 4.29. The molecule has 1 aromatic carbocycles. The molecule has 0 spiro atoms. The zero-order valence-electron chi connectivity index (χ0n) is 19.6. The Morgan fingerprint density at radius 2 is 2.00 bits per heavy atom. The van der Waals surface area contributed by atoms with Crippen molar-refractivity contribution in [2.24, 2.45) is 11.8 Å². The second-order valence-corrected chi connectivity index (χ2v) is 8.71. The second-order valence-electron chi connectivity index (χ2n) is 8.71. The minimum atomic E-state index is -0.801. The number of methoxy groups -OCH3 is 1. The van der Waals surface area contributed by atoms with Gasteiger partial charge in [-0.25, -0.2) is 9.78 Å². The minimum Gasteiger partial charge on any atom is -0.503 e. The van der Waals surface area contributed by atoms with Crippen LogP contribution in [-0.4, -0.2) is 41.2 Å². The van der Waals surface area contributed by atoms with E-state index in [1.54, 1.807) is 0 Å². The normalized spacial score (nSPS) is 23.5. The molecule has 1 aliphatic heterocycles. The molecule has 3 rings (SSSR count). The second kappa shape index (κ2) is 11.7. The molecule has 7 nitrogen and oxygen atoms in total. The fourth-order valence-corrected chi connectivity index (χ4v) is 4.73. The summed E-state index contributed by atoms with van der Waals surface area (Å²) in [6, 6.07) is 10.9. The molecule has 0 saturated carbocycles. The van der Waals surface area contributed by atoms with Gasteiger partial charge in [0.2, 0.25) is 0 Å². The number of ether oxygens (including phenoxy) is 2. The first-order chi connectivity index (χ1) is 15.9. The van der Waals surface area contributed by atoms with Crippen LogP contribution in [0.2, 0.25) is 0 Å². The van der Waals surface area contributed by atoms with E-state index in [4.69, 9.17) is 9.47 Å². The van der Waals surface area contributed by atoms with Crippen LogP contribution in [-0.2, 0) is 16.0 Å². The molecule has 7 heteroatoms. The van der Waals surface area contributed by atoms with Crippen LogP contribution in [0.15, 0.2) is 42.6 Å². The number of amides is 1. The summed E-state index contributed by atoms with van der Waals surface area (Å²) in [5, 5.41) is 13.0. The van der Waals surface area contributed by atoms with E-state index < -0.39 is 17.9 Å². The molecule has 2 N–H and O–H groups in total. The molecule has 1 fully saturated rings. The fraction of sp³-hybridized carbons (Fsp3) is 0.500. The molecule has 4 atom stereocenters. The zero-order valence-corrected chi connectivity index (χ0v) is 19.6. The third-order valence-electron chi connectivity index (χ3n) is 6.46. The van der Waals surface area contributed by atoms with Crippen LogP contribution in [0.25, 0.3) is 0 Å². The highest BCUT2D eigenvalue weighted by Gasteiger charge is 2.34. The van der Waals surface area contributed by atoms with Gasteiger partial charge in [-0.15, -0.1) is 0 Å². The van der Waals surface area contributed by atoms with Gasteiger partial charge in [-0.3, -0.25) is 4.79 Å². The summed E-state index contributed by atoms with van der Waals surface area (Å²) in [6.07, 6.45) is 6.30. The highest BCUT2D eigenvalue weighted by atomic mass is 16.5. The van der Waals surface area contributed by atoms with Crippen molar-refractivity contribution in [2.45, 2.75) is 64.5 Å². The zero-order chi connectivity index (χ0) is 23.8. The molecule has 4 unspecified atom stereocenters. The molecule has 2 aromatic rings. The van der Waals surface area contributed by atoms with Crippen molar-refractivity contribution in [3.05, 3.63) is 53.9 Å². The van der Waals surface area contributed by atoms with Crippen LogP contribution in [0.3, 0.4) is 0 Å². The summed E-state index contributed by atoms with van der Waals surface area (Å²) in [5.74, 6) is -0.661. The average Bonchev–Trinajstić information content (AvgIpc) is 2.86. The van der Waals surface area contributed by atoms with Gasteiger partial charge in [0, 0.05) is 18.2 Å². The van der Waals surface area contributed by atoms with Gasteiger partial charge in [0.1, 0.15) is 12.1 Å². The third-order valence-corrected chi connectivity index (χ3v) is 6.46. The molecule has 0 aliphatic carbocycles. The lowest BCUT2D eigenvalue weighted by atomic mass is 9.78. The highest BCUT2D eigenvalue weighted by molar-refractivity contribution is 5.97. The number of rotatable bonds is 7. The number of pyridine rings is 1. The number of nitrogens with zero attached hydrogens (tertiary/aromatic N) is 1. The SMILES string of the molecule is CCCC1CCCC(NC(=O)c2nccc(OC)c2O)C(=O)OC(C)C1Cc1ccccc1. The smallest absolute Gasteiger partial charge is 0.328 e. The van der Waals surface area contributed by atoms with Gasteiger partial charge < -0.3 is 19.9 Å². The Morgan fingerprint density at radius 3 is 2.70 bits per heavy atom. The number of carbonyl (C=O) groups excluding carboxylic acids is 2. The number of cyclic esters (lactones) is 1. The van der Waals surface area contributed by atoms with Crippen molar-refractivity contribution < 1.29 is 24.2 Å². The summed E-state index contributed by atoms with van der Waals surface area (Å²) in [4.78, 5) is 29.8. The van der Waals surface area contributed by atoms with Gasteiger partial charge in [0.25, 0.3) is 5.91 Å². The fourth-order valence-electron chi connectivity index (χ4n) is 4.73. The van der Waals surface area contributed by atoms with Crippen LogP contribution < -0.4 is 10.1 Å². The van der Waals surface area contributed by atoms with Crippen LogP contribution in [0, 0.1) is 11.8 Å². The summed E-state index contributed by atoms with van der Waals surface area (Å²) in [5.41, 5.74) is 1.05. The van der Waals surface area contributed by atoms with Crippen molar-refractivity contribution in [3.63, 3.8) is 0 Å². The number of aromatic nitrogens is 1. The lowest BCUT2D eigenvalue weighted by Crippen LogP contribution is -2.43. The van der Waals surface area contributed by atoms with Gasteiger partial charge in [0.05, 0.1) is 7.11 Å². The van der Waals surface area contributed by atoms with Crippen LogP contribution >= 0.6 is 0 Å². The number of hydrogen-bond donors (Lipinski definition) is 2. The molecule has 0 bridgehead atoms. The maximum Gasteiger partial charge on any atom is 0.328 e. The maximum absolute atomic E-state index is 13.0. The van der Waals surface area contributed by atoms with Gasteiger partial charge >= 0.3 is 5.97 Å². The number of esters is 1. The quantitative estimate of drug-likeness (QED) is 0.606. The number of hydrogen-bond acceptors (Lipinski definition) is 6. The topological polar surface area (TPSA) is 97.8 Å². The summed E-state index contributed by atoms with van der Waals surface area (Å²) < 4.78 is 10.9. The van der Waals surface area contributed by atoms with Gasteiger partial charge in [-0.1, -0.05) is 56.5 Å². The molecule has 33 heavy (non-hydrogen) atoms. The van der Waals surface area contributed by atoms with Crippen molar-refractivity contribution in [2.75, 3.05) is 7.11 Å². The van der Waals surface area contributed by atoms with E-state index in [1.807, 2.05) is 25.1 Å². The van der Waals surface area contributed by atoms with Gasteiger partial charge in [0.15, 0.2) is 17.2 Å². The maximum atomic E-state index is 13.0. The molecule has 1 aromatic heterocycles. The summed E-state index contributed by atoms with van der Waals surface area (Å²) >= 11 is 0. The molecule has 1 aliphatic rings. The first-order valence-electron chi connectivity index (χ1n) is 11.7. The lowest BCUT2D eigenvalue weighted by molar-refractivity contribution is -0.153. The monoisotopic (exact) mass is 454 g/mol. The van der Waals surface area contributed by atoms with E-state index in [1.165, 1.54) is 24.9 Å². The largest absolute Gasteiger partial charge is 0.503 e. The van der Waals surface area contributed by atoms with E-state index in [0.29, 0.717) is 12.3 Å². The molecule has 0 radical (unpaired) electrons. The summed E-state index contributed by atoms with van der Waals surface area (Å²) in [6.45, 7) is 4.13. The molecule has 2 heterocycles. The van der Waals surface area contributed by atoms with Crippen LogP contribution in [0.5, 0.6) is 11.5 Å². The standard InChI is InChI=1S/C26H34N2O5/c1-4-9-19-12-8-13-21(28-25(30)23-24(29)22(32-3)14-15-27-23)26(31)33-17(2)20(19)16-18-10-6-5-7-11-18/h5-7,10-11,14-15,17,19-21,29H,4,8-9,12-13,16H2,1-3H3,(H,28,30). The first kappa shape index (κ1) is 24.6. The Bertz CT molecular complexity index is 934. The van der Waals surface area contributed by atoms with Crippen LogP contribution in [0.1, 0.15) is 62.0 Å².